The Morgan fingerprint density at radius 2 is 2.00 bits per heavy atom. The molecule has 3 aromatic rings. The number of hydrogen-bond donors (Lipinski definition) is 1. The number of hydrogen-bond acceptors (Lipinski definition) is 2. The summed E-state index contributed by atoms with van der Waals surface area (Å²) in [5.74, 6) is 0.735. The Balaban J connectivity index is 1.78. The molecule has 0 spiro atoms. The minimum absolute atomic E-state index is 0.158. The van der Waals surface area contributed by atoms with Crippen LogP contribution >= 0.6 is 27.5 Å². The molecule has 2 atom stereocenters. The molecule has 1 saturated carbocycles. The molecule has 0 radical (unpaired) electrons. The number of imidazole rings is 1. The van der Waals surface area contributed by atoms with Crippen molar-refractivity contribution < 1.29 is 9.50 Å². The van der Waals surface area contributed by atoms with Crippen molar-refractivity contribution in [2.24, 2.45) is 0 Å². The first-order chi connectivity index (χ1) is 12.0. The van der Waals surface area contributed by atoms with Gasteiger partial charge in [-0.3, -0.25) is 0 Å². The fourth-order valence-corrected chi connectivity index (χ4v) is 4.80. The van der Waals surface area contributed by atoms with Crippen molar-refractivity contribution in [3.05, 3.63) is 62.6 Å². The van der Waals surface area contributed by atoms with Crippen LogP contribution in [0.15, 0.2) is 34.8 Å². The highest BCUT2D eigenvalue weighted by molar-refractivity contribution is 9.10. The molecule has 1 fully saturated rings. The molecule has 128 valence electrons. The summed E-state index contributed by atoms with van der Waals surface area (Å²) in [5.41, 5.74) is 3.38. The van der Waals surface area contributed by atoms with Crippen molar-refractivity contribution in [1.29, 1.82) is 0 Å². The Bertz CT molecular complexity index is 1010. The standard InChI is InChI=1S/C19H15BrClFN2O/c20-11-4-5-12(22)17(9-1-2-9)18(11)15-8-16(25)19-23-13-6-3-10(21)7-14(13)24(15)19/h3-7,9,15-16,25H,1-2,8H2/t15-,16?/m1/s1. The first-order valence-corrected chi connectivity index (χ1v) is 9.55. The summed E-state index contributed by atoms with van der Waals surface area (Å²) in [4.78, 5) is 4.58. The summed E-state index contributed by atoms with van der Waals surface area (Å²) in [6.07, 6.45) is 1.85. The molecule has 3 nitrogen and oxygen atoms in total. The molecule has 0 bridgehead atoms. The fourth-order valence-electron chi connectivity index (χ4n) is 4.03. The van der Waals surface area contributed by atoms with Gasteiger partial charge in [0.1, 0.15) is 17.7 Å². The molecule has 6 heteroatoms. The lowest BCUT2D eigenvalue weighted by atomic mass is 9.94. The first kappa shape index (κ1) is 15.8. The second kappa shape index (κ2) is 5.53. The number of aliphatic hydroxyl groups is 1. The van der Waals surface area contributed by atoms with Crippen LogP contribution in [-0.4, -0.2) is 14.7 Å². The molecule has 1 aliphatic heterocycles. The highest BCUT2D eigenvalue weighted by Gasteiger charge is 2.39. The molecular formula is C19H15BrClFN2O. The Morgan fingerprint density at radius 1 is 1.20 bits per heavy atom. The van der Waals surface area contributed by atoms with Crippen LogP contribution in [0.3, 0.4) is 0 Å². The molecule has 1 N–H and O–H groups in total. The minimum Gasteiger partial charge on any atom is -0.385 e. The van der Waals surface area contributed by atoms with E-state index >= 15 is 0 Å². The quantitative estimate of drug-likeness (QED) is 0.594. The zero-order valence-corrected chi connectivity index (χ0v) is 15.6. The zero-order valence-electron chi connectivity index (χ0n) is 13.2. The number of rotatable bonds is 2. The highest BCUT2D eigenvalue weighted by atomic mass is 79.9. The monoisotopic (exact) mass is 420 g/mol. The topological polar surface area (TPSA) is 38.0 Å². The maximum atomic E-state index is 14.6. The van der Waals surface area contributed by atoms with Crippen molar-refractivity contribution in [1.82, 2.24) is 9.55 Å². The smallest absolute Gasteiger partial charge is 0.139 e. The van der Waals surface area contributed by atoms with Gasteiger partial charge >= 0.3 is 0 Å². The lowest BCUT2D eigenvalue weighted by Crippen LogP contribution is -2.10. The van der Waals surface area contributed by atoms with Gasteiger partial charge in [-0.1, -0.05) is 27.5 Å². The van der Waals surface area contributed by atoms with E-state index < -0.39 is 6.10 Å². The SMILES string of the molecule is OC1C[C@H](c2c(Br)ccc(F)c2C2CC2)n2c1nc1ccc(Cl)cc12. The Morgan fingerprint density at radius 3 is 2.76 bits per heavy atom. The van der Waals surface area contributed by atoms with Crippen molar-refractivity contribution in [3.63, 3.8) is 0 Å². The Labute approximate surface area is 157 Å². The van der Waals surface area contributed by atoms with Crippen LogP contribution in [0.2, 0.25) is 5.02 Å². The number of aromatic nitrogens is 2. The predicted molar refractivity (Wildman–Crippen MR) is 98.5 cm³/mol. The summed E-state index contributed by atoms with van der Waals surface area (Å²) < 4.78 is 17.5. The van der Waals surface area contributed by atoms with Crippen LogP contribution < -0.4 is 0 Å². The second-order valence-corrected chi connectivity index (χ2v) is 8.16. The van der Waals surface area contributed by atoms with Gasteiger partial charge in [-0.2, -0.15) is 0 Å². The van der Waals surface area contributed by atoms with Gasteiger partial charge < -0.3 is 9.67 Å². The third kappa shape index (κ3) is 2.36. The summed E-state index contributed by atoms with van der Waals surface area (Å²) in [6.45, 7) is 0. The molecule has 25 heavy (non-hydrogen) atoms. The normalized spacial score (nSPS) is 22.6. The largest absolute Gasteiger partial charge is 0.385 e. The van der Waals surface area contributed by atoms with Gasteiger partial charge in [-0.15, -0.1) is 0 Å². The third-order valence-electron chi connectivity index (χ3n) is 5.23. The van der Waals surface area contributed by atoms with Crippen molar-refractivity contribution in [2.45, 2.75) is 37.3 Å². The van der Waals surface area contributed by atoms with E-state index in [1.165, 1.54) is 6.07 Å². The van der Waals surface area contributed by atoms with Crippen LogP contribution in [0.5, 0.6) is 0 Å². The van der Waals surface area contributed by atoms with E-state index in [1.807, 2.05) is 16.7 Å². The number of nitrogens with zero attached hydrogens (tertiary/aromatic N) is 2. The van der Waals surface area contributed by atoms with E-state index in [1.54, 1.807) is 12.1 Å². The van der Waals surface area contributed by atoms with E-state index in [2.05, 4.69) is 20.9 Å². The second-order valence-electron chi connectivity index (χ2n) is 6.87. The van der Waals surface area contributed by atoms with Gasteiger partial charge in [-0.25, -0.2) is 9.37 Å². The molecule has 1 unspecified atom stereocenters. The zero-order chi connectivity index (χ0) is 17.3. The number of aliphatic hydroxyl groups excluding tert-OH is 1. The van der Waals surface area contributed by atoms with E-state index in [0.29, 0.717) is 17.3 Å². The Hall–Kier alpha value is -1.43. The van der Waals surface area contributed by atoms with Crippen molar-refractivity contribution >= 4 is 38.6 Å². The molecular weight excluding hydrogens is 407 g/mol. The number of halogens is 3. The molecule has 5 rings (SSSR count). The summed E-state index contributed by atoms with van der Waals surface area (Å²) in [5, 5.41) is 11.2. The van der Waals surface area contributed by atoms with Crippen LogP contribution in [0.25, 0.3) is 11.0 Å². The van der Waals surface area contributed by atoms with Crippen molar-refractivity contribution in [2.75, 3.05) is 0 Å². The molecule has 0 amide bonds. The van der Waals surface area contributed by atoms with Crippen LogP contribution in [0.4, 0.5) is 4.39 Å². The lowest BCUT2D eigenvalue weighted by molar-refractivity contribution is 0.172. The highest BCUT2D eigenvalue weighted by Crippen LogP contribution is 2.50. The summed E-state index contributed by atoms with van der Waals surface area (Å²) in [6, 6.07) is 8.64. The maximum Gasteiger partial charge on any atom is 0.139 e. The van der Waals surface area contributed by atoms with Gasteiger partial charge in [-0.05, 0) is 60.2 Å². The maximum absolute atomic E-state index is 14.6. The average Bonchev–Trinajstić information content (AvgIpc) is 3.27. The minimum atomic E-state index is -0.668. The summed E-state index contributed by atoms with van der Waals surface area (Å²) in [7, 11) is 0. The van der Waals surface area contributed by atoms with Gasteiger partial charge in [0.2, 0.25) is 0 Å². The molecule has 0 saturated heterocycles. The van der Waals surface area contributed by atoms with E-state index in [9.17, 15) is 9.50 Å². The van der Waals surface area contributed by atoms with Crippen LogP contribution in [0, 0.1) is 5.82 Å². The van der Waals surface area contributed by atoms with Gasteiger partial charge in [0, 0.05) is 15.9 Å². The predicted octanol–water partition coefficient (Wildman–Crippen LogP) is 5.50. The van der Waals surface area contributed by atoms with Gasteiger partial charge in [0.25, 0.3) is 0 Å². The van der Waals surface area contributed by atoms with Gasteiger partial charge in [0.05, 0.1) is 17.1 Å². The first-order valence-electron chi connectivity index (χ1n) is 8.38. The molecule has 2 heterocycles. The summed E-state index contributed by atoms with van der Waals surface area (Å²) >= 11 is 9.80. The molecule has 1 aromatic heterocycles. The lowest BCUT2D eigenvalue weighted by Gasteiger charge is -2.21. The van der Waals surface area contributed by atoms with Crippen LogP contribution in [-0.2, 0) is 0 Å². The molecule has 2 aromatic carbocycles. The van der Waals surface area contributed by atoms with E-state index in [0.717, 1.165) is 39.5 Å². The number of benzene rings is 2. The average molecular weight is 422 g/mol. The molecule has 1 aliphatic carbocycles. The van der Waals surface area contributed by atoms with Crippen LogP contribution in [0.1, 0.15) is 54.3 Å². The number of fused-ring (bicyclic) bond motifs is 3. The Kier molecular flexibility index (Phi) is 3.50. The van der Waals surface area contributed by atoms with Gasteiger partial charge in [0.15, 0.2) is 0 Å². The molecule has 2 aliphatic rings. The van der Waals surface area contributed by atoms with E-state index in [4.69, 9.17) is 11.6 Å². The van der Waals surface area contributed by atoms with E-state index in [-0.39, 0.29) is 17.8 Å². The fraction of sp³-hybridized carbons (Fsp3) is 0.316. The van der Waals surface area contributed by atoms with Crippen molar-refractivity contribution in [3.8, 4) is 0 Å². The third-order valence-corrected chi connectivity index (χ3v) is 6.16.